The first-order valence-electron chi connectivity index (χ1n) is 9.80. The quantitative estimate of drug-likeness (QED) is 0.368. The second-order valence-electron chi connectivity index (χ2n) is 6.77. The number of carbonyl (C=O) groups is 1. The summed E-state index contributed by atoms with van der Waals surface area (Å²) in [5.41, 5.74) is 4.61. The van der Waals surface area contributed by atoms with E-state index in [4.69, 9.17) is 0 Å². The summed E-state index contributed by atoms with van der Waals surface area (Å²) in [5.74, 6) is -0.117. The van der Waals surface area contributed by atoms with Crippen molar-refractivity contribution in [3.8, 4) is 0 Å². The number of rotatable bonds is 8. The molecule has 1 unspecified atom stereocenters. The molecule has 29 heavy (non-hydrogen) atoms. The van der Waals surface area contributed by atoms with Crippen molar-refractivity contribution >= 4 is 5.91 Å². The fourth-order valence-electron chi connectivity index (χ4n) is 3.26. The van der Waals surface area contributed by atoms with Gasteiger partial charge in [-0.05, 0) is 51.3 Å². The highest BCUT2D eigenvalue weighted by atomic mass is 16.2. The van der Waals surface area contributed by atoms with Crippen molar-refractivity contribution in [3.63, 3.8) is 0 Å². The highest BCUT2D eigenvalue weighted by Crippen LogP contribution is 2.43. The second kappa shape index (κ2) is 11.0. The highest BCUT2D eigenvalue weighted by Gasteiger charge is 2.48. The Morgan fingerprint density at radius 3 is 2.07 bits per heavy atom. The normalized spacial score (nSPS) is 24.4. The lowest BCUT2D eigenvalue weighted by atomic mass is 9.75. The minimum atomic E-state index is -0.855. The van der Waals surface area contributed by atoms with Gasteiger partial charge in [0.05, 0.1) is 0 Å². The van der Waals surface area contributed by atoms with Gasteiger partial charge in [-0.15, -0.1) is 0 Å². The van der Waals surface area contributed by atoms with Crippen LogP contribution in [0, 0.1) is 0 Å². The number of hydrogen-bond donors (Lipinski definition) is 1. The molecule has 2 heteroatoms. The Hall–Kier alpha value is -3.13. The van der Waals surface area contributed by atoms with Crippen molar-refractivity contribution in [3.05, 3.63) is 120 Å². The fourth-order valence-corrected chi connectivity index (χ4v) is 3.26. The van der Waals surface area contributed by atoms with E-state index in [1.165, 1.54) is 0 Å². The van der Waals surface area contributed by atoms with Crippen LogP contribution in [-0.4, -0.2) is 11.4 Å². The summed E-state index contributed by atoms with van der Waals surface area (Å²) in [6.45, 7) is 21.6. The molecule has 0 saturated carbocycles. The number of nitrogens with one attached hydrogen (secondary N) is 1. The molecular weight excluding hydrogens is 354 g/mol. The van der Waals surface area contributed by atoms with Gasteiger partial charge in [0, 0.05) is 5.57 Å². The van der Waals surface area contributed by atoms with Gasteiger partial charge >= 0.3 is 0 Å². The molecule has 1 aliphatic heterocycles. The molecular formula is C27H33NO. The Bertz CT molecular complexity index is 897. The van der Waals surface area contributed by atoms with Crippen LogP contribution < -0.4 is 5.32 Å². The lowest BCUT2D eigenvalue weighted by Crippen LogP contribution is -2.45. The Morgan fingerprint density at radius 1 is 0.897 bits per heavy atom. The zero-order valence-corrected chi connectivity index (χ0v) is 18.4. The van der Waals surface area contributed by atoms with Gasteiger partial charge in [0.2, 0.25) is 0 Å². The summed E-state index contributed by atoms with van der Waals surface area (Å²) < 4.78 is 0. The Kier molecular flexibility index (Phi) is 9.08. The van der Waals surface area contributed by atoms with E-state index in [9.17, 15) is 4.79 Å². The molecule has 0 aromatic carbocycles. The maximum absolute atomic E-state index is 12.9. The van der Waals surface area contributed by atoms with E-state index in [0.29, 0.717) is 5.57 Å². The fraction of sp³-hybridized carbons (Fsp3) is 0.222. The highest BCUT2D eigenvalue weighted by molar-refractivity contribution is 6.05. The standard InChI is InChI=1S/C27H33NO/c1-9-15-25-24(14-6)26(29)28-27(25,22(12-4)18-16-20(7)10-2)23(13-5)19-17-21(8)11-3/h9-19H,1-2,4H2,3,5-8H3,(H,28,29)/b19-17-,20-16-,21-11-,22-18+,23-13+,24-14+,25-15?. The first-order valence-corrected chi connectivity index (χ1v) is 9.80. The van der Waals surface area contributed by atoms with Crippen LogP contribution in [0.4, 0.5) is 0 Å². The Balaban J connectivity index is 3.96. The summed E-state index contributed by atoms with van der Waals surface area (Å²) >= 11 is 0. The predicted molar refractivity (Wildman–Crippen MR) is 127 cm³/mol. The Morgan fingerprint density at radius 2 is 1.59 bits per heavy atom. The predicted octanol–water partition coefficient (Wildman–Crippen LogP) is 6.63. The van der Waals surface area contributed by atoms with E-state index in [1.54, 1.807) is 18.2 Å². The van der Waals surface area contributed by atoms with E-state index in [2.05, 4.69) is 25.1 Å². The summed E-state index contributed by atoms with van der Waals surface area (Å²) in [7, 11) is 0. The monoisotopic (exact) mass is 387 g/mol. The molecule has 1 amide bonds. The third kappa shape index (κ3) is 5.03. The van der Waals surface area contributed by atoms with Crippen LogP contribution in [0.2, 0.25) is 0 Å². The van der Waals surface area contributed by atoms with Gasteiger partial charge in [-0.25, -0.2) is 0 Å². The molecule has 0 aromatic rings. The molecule has 1 atom stereocenters. The number of allylic oxidation sites excluding steroid dienone is 11. The van der Waals surface area contributed by atoms with Crippen molar-refractivity contribution in [2.45, 2.75) is 40.2 Å². The average Bonchev–Trinajstić information content (AvgIpc) is 3.00. The van der Waals surface area contributed by atoms with E-state index < -0.39 is 5.54 Å². The van der Waals surface area contributed by atoms with Gasteiger partial charge in [-0.2, -0.15) is 0 Å². The van der Waals surface area contributed by atoms with Crippen molar-refractivity contribution in [2.24, 2.45) is 0 Å². The van der Waals surface area contributed by atoms with Crippen LogP contribution in [0.5, 0.6) is 0 Å². The van der Waals surface area contributed by atoms with Crippen LogP contribution in [0.3, 0.4) is 0 Å². The van der Waals surface area contributed by atoms with Crippen LogP contribution >= 0.6 is 0 Å². The van der Waals surface area contributed by atoms with E-state index in [0.717, 1.165) is 27.9 Å². The maximum atomic E-state index is 12.9. The molecule has 152 valence electrons. The van der Waals surface area contributed by atoms with Gasteiger partial charge < -0.3 is 5.32 Å². The zero-order valence-electron chi connectivity index (χ0n) is 18.4. The van der Waals surface area contributed by atoms with Crippen LogP contribution in [0.15, 0.2) is 120 Å². The van der Waals surface area contributed by atoms with E-state index in [-0.39, 0.29) is 5.91 Å². The average molecular weight is 388 g/mol. The van der Waals surface area contributed by atoms with Crippen molar-refractivity contribution in [2.75, 3.05) is 0 Å². The van der Waals surface area contributed by atoms with Gasteiger partial charge in [0.1, 0.15) is 5.54 Å². The van der Waals surface area contributed by atoms with Crippen molar-refractivity contribution < 1.29 is 4.79 Å². The molecule has 1 N–H and O–H groups in total. The lowest BCUT2D eigenvalue weighted by molar-refractivity contribution is -0.116. The second-order valence-corrected chi connectivity index (χ2v) is 6.77. The summed E-state index contributed by atoms with van der Waals surface area (Å²) in [5, 5.41) is 3.23. The molecule has 1 rings (SSSR count). The first kappa shape index (κ1) is 23.9. The molecule has 0 aliphatic carbocycles. The summed E-state index contributed by atoms with van der Waals surface area (Å²) in [6, 6.07) is 0. The van der Waals surface area contributed by atoms with E-state index >= 15 is 0 Å². The molecule has 0 aromatic heterocycles. The molecule has 0 radical (unpaired) electrons. The minimum Gasteiger partial charge on any atom is -0.334 e. The molecule has 1 aliphatic rings. The van der Waals surface area contributed by atoms with Crippen molar-refractivity contribution in [1.82, 2.24) is 5.32 Å². The van der Waals surface area contributed by atoms with Gasteiger partial charge in [0.15, 0.2) is 0 Å². The zero-order chi connectivity index (χ0) is 22.0. The number of hydrogen-bond acceptors (Lipinski definition) is 1. The molecule has 1 heterocycles. The summed E-state index contributed by atoms with van der Waals surface area (Å²) in [4.78, 5) is 12.9. The van der Waals surface area contributed by atoms with Gasteiger partial charge in [-0.3, -0.25) is 4.79 Å². The van der Waals surface area contributed by atoms with Crippen molar-refractivity contribution in [1.29, 1.82) is 0 Å². The largest absolute Gasteiger partial charge is 0.334 e. The van der Waals surface area contributed by atoms with E-state index in [1.807, 2.05) is 83.2 Å². The molecule has 2 nitrogen and oxygen atoms in total. The maximum Gasteiger partial charge on any atom is 0.252 e. The lowest BCUT2D eigenvalue weighted by Gasteiger charge is -2.34. The molecule has 0 bridgehead atoms. The Labute approximate surface area is 176 Å². The topological polar surface area (TPSA) is 29.1 Å². The summed E-state index contributed by atoms with van der Waals surface area (Å²) in [6.07, 6.45) is 21.2. The minimum absolute atomic E-state index is 0.117. The molecule has 0 spiro atoms. The SMILES string of the molecule is C=CC=C1/C(=C\C)C(=O)NC1(/C(C=C)=C/C=C(/C)C=C)C(/C=C\C(C)=C/C)=C/C. The number of carbonyl (C=O) groups excluding carboxylic acids is 1. The molecule has 1 fully saturated rings. The van der Waals surface area contributed by atoms with Crippen LogP contribution in [0.25, 0.3) is 0 Å². The van der Waals surface area contributed by atoms with Gasteiger partial charge in [0.25, 0.3) is 5.91 Å². The molecule has 1 saturated heterocycles. The smallest absolute Gasteiger partial charge is 0.252 e. The van der Waals surface area contributed by atoms with Crippen LogP contribution in [-0.2, 0) is 4.79 Å². The first-order chi connectivity index (χ1) is 13.9. The third-order valence-corrected chi connectivity index (χ3v) is 5.04. The third-order valence-electron chi connectivity index (χ3n) is 5.04. The van der Waals surface area contributed by atoms with Crippen LogP contribution in [0.1, 0.15) is 34.6 Å². The number of amides is 1. The van der Waals surface area contributed by atoms with Gasteiger partial charge in [-0.1, -0.05) is 97.7 Å².